The molecular formula is C17H18BrNO2. The minimum Gasteiger partial charge on any atom is -0.480 e. The average Bonchev–Trinajstić information content (AvgIpc) is 2.50. The van der Waals surface area contributed by atoms with Gasteiger partial charge in [-0.2, -0.15) is 0 Å². The molecule has 0 amide bonds. The van der Waals surface area contributed by atoms with Crippen molar-refractivity contribution in [3.8, 4) is 0 Å². The smallest absolute Gasteiger partial charge is 0.328 e. The Hall–Kier alpha value is -1.65. The van der Waals surface area contributed by atoms with Crippen molar-refractivity contribution >= 4 is 21.9 Å². The Morgan fingerprint density at radius 3 is 2.29 bits per heavy atom. The predicted molar refractivity (Wildman–Crippen MR) is 87.0 cm³/mol. The highest BCUT2D eigenvalue weighted by Crippen LogP contribution is 2.27. The van der Waals surface area contributed by atoms with E-state index in [1.807, 2.05) is 61.5 Å². The lowest BCUT2D eigenvalue weighted by Crippen LogP contribution is -2.48. The number of carboxylic acid groups (broad SMARTS) is 1. The maximum absolute atomic E-state index is 11.9. The SMILES string of the molecule is CCC(NCc1ccccc1)(C(=O)O)c1ccc(Br)cc1. The Bertz CT molecular complexity index is 598. The lowest BCUT2D eigenvalue weighted by Gasteiger charge is -2.30. The number of carbonyl (C=O) groups is 1. The van der Waals surface area contributed by atoms with Crippen LogP contribution in [-0.4, -0.2) is 11.1 Å². The summed E-state index contributed by atoms with van der Waals surface area (Å²) < 4.78 is 0.935. The number of halogens is 1. The summed E-state index contributed by atoms with van der Waals surface area (Å²) in [6.45, 7) is 2.39. The molecule has 0 saturated heterocycles. The van der Waals surface area contributed by atoms with Gasteiger partial charge in [-0.25, -0.2) is 4.79 Å². The fraction of sp³-hybridized carbons (Fsp3) is 0.235. The van der Waals surface area contributed by atoms with E-state index in [1.165, 1.54) is 0 Å². The average molecular weight is 348 g/mol. The largest absolute Gasteiger partial charge is 0.480 e. The van der Waals surface area contributed by atoms with Crippen molar-refractivity contribution in [3.63, 3.8) is 0 Å². The molecule has 0 saturated carbocycles. The van der Waals surface area contributed by atoms with Gasteiger partial charge in [0.25, 0.3) is 0 Å². The highest BCUT2D eigenvalue weighted by molar-refractivity contribution is 9.10. The van der Waals surface area contributed by atoms with E-state index in [-0.39, 0.29) is 0 Å². The molecule has 0 aliphatic heterocycles. The van der Waals surface area contributed by atoms with Gasteiger partial charge in [-0.15, -0.1) is 0 Å². The zero-order chi connectivity index (χ0) is 15.3. The van der Waals surface area contributed by atoms with Gasteiger partial charge in [0.2, 0.25) is 0 Å². The van der Waals surface area contributed by atoms with E-state index in [4.69, 9.17) is 0 Å². The van der Waals surface area contributed by atoms with Crippen molar-refractivity contribution in [3.05, 3.63) is 70.2 Å². The first-order valence-electron chi connectivity index (χ1n) is 6.87. The minimum atomic E-state index is -1.07. The summed E-state index contributed by atoms with van der Waals surface area (Å²) in [7, 11) is 0. The second kappa shape index (κ2) is 6.87. The summed E-state index contributed by atoms with van der Waals surface area (Å²) in [4.78, 5) is 11.9. The molecule has 3 nitrogen and oxygen atoms in total. The molecule has 0 bridgehead atoms. The van der Waals surface area contributed by atoms with E-state index in [9.17, 15) is 9.90 Å². The molecule has 0 spiro atoms. The highest BCUT2D eigenvalue weighted by atomic mass is 79.9. The maximum atomic E-state index is 11.9. The molecule has 0 fully saturated rings. The fourth-order valence-corrected chi connectivity index (χ4v) is 2.63. The molecule has 2 N–H and O–H groups in total. The number of nitrogens with one attached hydrogen (secondary N) is 1. The third-order valence-electron chi connectivity index (χ3n) is 3.67. The van der Waals surface area contributed by atoms with Crippen molar-refractivity contribution in [1.82, 2.24) is 5.32 Å². The zero-order valence-electron chi connectivity index (χ0n) is 11.8. The Morgan fingerprint density at radius 2 is 1.76 bits per heavy atom. The van der Waals surface area contributed by atoms with Gasteiger partial charge in [-0.1, -0.05) is 65.3 Å². The zero-order valence-corrected chi connectivity index (χ0v) is 13.4. The predicted octanol–water partition coefficient (Wildman–Crippen LogP) is 3.93. The van der Waals surface area contributed by atoms with E-state index in [1.54, 1.807) is 0 Å². The van der Waals surface area contributed by atoms with Gasteiger partial charge < -0.3 is 5.11 Å². The van der Waals surface area contributed by atoms with Crippen LogP contribution in [-0.2, 0) is 16.9 Å². The molecule has 110 valence electrons. The monoisotopic (exact) mass is 347 g/mol. The molecule has 0 aliphatic rings. The summed E-state index contributed by atoms with van der Waals surface area (Å²) in [6, 6.07) is 17.2. The van der Waals surface area contributed by atoms with Gasteiger partial charge in [0.1, 0.15) is 5.54 Å². The number of benzene rings is 2. The molecule has 0 heterocycles. The Balaban J connectivity index is 2.29. The van der Waals surface area contributed by atoms with E-state index in [2.05, 4.69) is 21.2 Å². The first kappa shape index (κ1) is 15.7. The first-order chi connectivity index (χ1) is 10.1. The summed E-state index contributed by atoms with van der Waals surface area (Å²) >= 11 is 3.38. The van der Waals surface area contributed by atoms with Crippen molar-refractivity contribution in [2.45, 2.75) is 25.4 Å². The van der Waals surface area contributed by atoms with Gasteiger partial charge in [-0.3, -0.25) is 5.32 Å². The summed E-state index contributed by atoms with van der Waals surface area (Å²) in [5, 5.41) is 13.0. The van der Waals surface area contributed by atoms with Gasteiger partial charge in [0.15, 0.2) is 0 Å². The first-order valence-corrected chi connectivity index (χ1v) is 7.66. The van der Waals surface area contributed by atoms with Crippen molar-refractivity contribution in [1.29, 1.82) is 0 Å². The van der Waals surface area contributed by atoms with E-state index >= 15 is 0 Å². The third-order valence-corrected chi connectivity index (χ3v) is 4.20. The van der Waals surface area contributed by atoms with Gasteiger partial charge in [0.05, 0.1) is 0 Å². The number of aliphatic carboxylic acids is 1. The molecule has 0 radical (unpaired) electrons. The van der Waals surface area contributed by atoms with Crippen LogP contribution in [0.5, 0.6) is 0 Å². The Labute approximate surface area is 133 Å². The van der Waals surface area contributed by atoms with Gasteiger partial charge in [-0.05, 0) is 29.7 Å². The van der Waals surface area contributed by atoms with Crippen LogP contribution in [0.3, 0.4) is 0 Å². The highest BCUT2D eigenvalue weighted by Gasteiger charge is 2.38. The standard InChI is InChI=1S/C17H18BrNO2/c1-2-17(16(20)21,14-8-10-15(18)11-9-14)19-12-13-6-4-3-5-7-13/h3-11,19H,2,12H2,1H3,(H,20,21). The molecule has 1 atom stereocenters. The maximum Gasteiger partial charge on any atom is 0.328 e. The lowest BCUT2D eigenvalue weighted by atomic mass is 9.87. The van der Waals surface area contributed by atoms with Crippen LogP contribution >= 0.6 is 15.9 Å². The summed E-state index contributed by atoms with van der Waals surface area (Å²) in [6.07, 6.45) is 0.469. The van der Waals surface area contributed by atoms with Crippen LogP contribution in [0.15, 0.2) is 59.1 Å². The number of carboxylic acids is 1. The normalized spacial score (nSPS) is 13.6. The van der Waals surface area contributed by atoms with Crippen LogP contribution in [0.2, 0.25) is 0 Å². The molecule has 2 rings (SSSR count). The quantitative estimate of drug-likeness (QED) is 0.832. The molecule has 0 aromatic heterocycles. The van der Waals surface area contributed by atoms with Crippen molar-refractivity contribution < 1.29 is 9.90 Å². The van der Waals surface area contributed by atoms with E-state index in [0.717, 1.165) is 15.6 Å². The number of rotatable bonds is 6. The second-order valence-corrected chi connectivity index (χ2v) is 5.83. The Morgan fingerprint density at radius 1 is 1.14 bits per heavy atom. The van der Waals surface area contributed by atoms with Crippen LogP contribution in [0.4, 0.5) is 0 Å². The fourth-order valence-electron chi connectivity index (χ4n) is 2.36. The number of hydrogen-bond acceptors (Lipinski definition) is 2. The molecule has 2 aromatic carbocycles. The van der Waals surface area contributed by atoms with Crippen molar-refractivity contribution in [2.75, 3.05) is 0 Å². The Kier molecular flexibility index (Phi) is 5.15. The molecule has 0 aliphatic carbocycles. The van der Waals surface area contributed by atoms with E-state index < -0.39 is 11.5 Å². The number of hydrogen-bond donors (Lipinski definition) is 2. The van der Waals surface area contributed by atoms with Crippen molar-refractivity contribution in [2.24, 2.45) is 0 Å². The lowest BCUT2D eigenvalue weighted by molar-refractivity contribution is -0.145. The molecule has 21 heavy (non-hydrogen) atoms. The summed E-state index contributed by atoms with van der Waals surface area (Å²) in [5.41, 5.74) is 0.751. The van der Waals surface area contributed by atoms with Crippen LogP contribution in [0.1, 0.15) is 24.5 Å². The molecular weight excluding hydrogens is 330 g/mol. The van der Waals surface area contributed by atoms with Gasteiger partial charge >= 0.3 is 5.97 Å². The van der Waals surface area contributed by atoms with E-state index in [0.29, 0.717) is 13.0 Å². The van der Waals surface area contributed by atoms with Crippen LogP contribution in [0, 0.1) is 0 Å². The summed E-state index contributed by atoms with van der Waals surface area (Å²) in [5.74, 6) is -0.858. The van der Waals surface area contributed by atoms with Crippen LogP contribution < -0.4 is 5.32 Å². The van der Waals surface area contributed by atoms with Crippen LogP contribution in [0.25, 0.3) is 0 Å². The van der Waals surface area contributed by atoms with Gasteiger partial charge in [0, 0.05) is 11.0 Å². The minimum absolute atomic E-state index is 0.469. The third kappa shape index (κ3) is 3.52. The molecule has 2 aromatic rings. The topological polar surface area (TPSA) is 49.3 Å². The second-order valence-electron chi connectivity index (χ2n) is 4.91. The molecule has 4 heteroatoms. The molecule has 1 unspecified atom stereocenters.